The minimum atomic E-state index is -0.435. The summed E-state index contributed by atoms with van der Waals surface area (Å²) in [6, 6.07) is 17.1. The van der Waals surface area contributed by atoms with Gasteiger partial charge in [0.1, 0.15) is 0 Å². The molecule has 2 aromatic rings. The van der Waals surface area contributed by atoms with Crippen molar-refractivity contribution < 1.29 is 5.11 Å². The number of thioether (sulfide) groups is 1. The summed E-state index contributed by atoms with van der Waals surface area (Å²) in [5, 5.41) is 14.1. The summed E-state index contributed by atoms with van der Waals surface area (Å²) in [5.74, 6) is 1.17. The van der Waals surface area contributed by atoms with E-state index in [4.69, 9.17) is 0 Å². The molecule has 2 nitrogen and oxygen atoms in total. The summed E-state index contributed by atoms with van der Waals surface area (Å²) >= 11 is 1.92. The van der Waals surface area contributed by atoms with Crippen molar-refractivity contribution in [3.8, 4) is 0 Å². The van der Waals surface area contributed by atoms with E-state index in [2.05, 4.69) is 60.8 Å². The minimum absolute atomic E-state index is 0.0776. The van der Waals surface area contributed by atoms with E-state index in [-0.39, 0.29) is 6.04 Å². The maximum Gasteiger partial charge on any atom is 0.0940 e. The van der Waals surface area contributed by atoms with Gasteiger partial charge in [0.15, 0.2) is 0 Å². The molecule has 0 amide bonds. The van der Waals surface area contributed by atoms with Crippen molar-refractivity contribution >= 4 is 11.8 Å². The molecule has 2 atom stereocenters. The number of aliphatic hydroxyl groups is 1. The Morgan fingerprint density at radius 2 is 1.96 bits per heavy atom. The molecule has 0 fully saturated rings. The van der Waals surface area contributed by atoms with E-state index in [1.165, 1.54) is 28.2 Å². The van der Waals surface area contributed by atoms with Crippen molar-refractivity contribution in [2.45, 2.75) is 49.6 Å². The highest BCUT2D eigenvalue weighted by atomic mass is 32.2. The molecule has 0 bridgehead atoms. The van der Waals surface area contributed by atoms with Crippen LogP contribution in [0.4, 0.5) is 0 Å². The zero-order valence-corrected chi connectivity index (χ0v) is 15.2. The number of nitrogens with one attached hydrogen (secondary N) is 1. The highest BCUT2D eigenvalue weighted by molar-refractivity contribution is 7.99. The van der Waals surface area contributed by atoms with Gasteiger partial charge in [-0.15, -0.1) is 11.8 Å². The summed E-state index contributed by atoms with van der Waals surface area (Å²) in [7, 11) is 0. The third-order valence-corrected chi connectivity index (χ3v) is 5.85. The average Bonchev–Trinajstić information content (AvgIpc) is 3.09. The van der Waals surface area contributed by atoms with Crippen LogP contribution < -0.4 is 5.32 Å². The van der Waals surface area contributed by atoms with Gasteiger partial charge < -0.3 is 10.4 Å². The number of aryl methyl sites for hydroxylation is 2. The van der Waals surface area contributed by atoms with E-state index in [0.29, 0.717) is 0 Å². The van der Waals surface area contributed by atoms with Crippen molar-refractivity contribution in [2.24, 2.45) is 0 Å². The maximum absolute atomic E-state index is 10.6. The predicted octanol–water partition coefficient (Wildman–Crippen LogP) is 4.37. The molecule has 0 aromatic heterocycles. The lowest BCUT2D eigenvalue weighted by Gasteiger charge is -2.21. The first-order chi connectivity index (χ1) is 11.7. The van der Waals surface area contributed by atoms with Gasteiger partial charge in [0.25, 0.3) is 0 Å². The summed E-state index contributed by atoms with van der Waals surface area (Å²) in [6.07, 6.45) is 4.13. The van der Waals surface area contributed by atoms with Crippen LogP contribution in [0.1, 0.15) is 42.6 Å². The van der Waals surface area contributed by atoms with Crippen LogP contribution in [0.5, 0.6) is 0 Å². The van der Waals surface area contributed by atoms with Crippen LogP contribution in [-0.4, -0.2) is 23.4 Å². The molecule has 128 valence electrons. The van der Waals surface area contributed by atoms with Gasteiger partial charge in [-0.2, -0.15) is 0 Å². The van der Waals surface area contributed by atoms with E-state index >= 15 is 0 Å². The van der Waals surface area contributed by atoms with Crippen molar-refractivity contribution in [1.82, 2.24) is 5.32 Å². The van der Waals surface area contributed by atoms with Gasteiger partial charge in [0.05, 0.1) is 6.10 Å². The molecule has 0 saturated heterocycles. The lowest BCUT2D eigenvalue weighted by atomic mass is 10.00. The lowest BCUT2D eigenvalue weighted by Crippen LogP contribution is -2.33. The van der Waals surface area contributed by atoms with Crippen LogP contribution in [-0.2, 0) is 12.8 Å². The molecule has 3 rings (SSSR count). The molecule has 0 aliphatic carbocycles. The van der Waals surface area contributed by atoms with Crippen LogP contribution in [0.2, 0.25) is 0 Å². The number of hydrogen-bond acceptors (Lipinski definition) is 3. The molecule has 2 N–H and O–H groups in total. The van der Waals surface area contributed by atoms with Gasteiger partial charge in [0.2, 0.25) is 0 Å². The molecule has 1 aliphatic rings. The number of unbranched alkanes of at least 4 members (excludes halogenated alkanes) is 1. The number of rotatable bonds is 8. The van der Waals surface area contributed by atoms with Crippen LogP contribution in [0, 0.1) is 0 Å². The van der Waals surface area contributed by atoms with Crippen LogP contribution >= 0.6 is 11.8 Å². The van der Waals surface area contributed by atoms with E-state index < -0.39 is 6.10 Å². The van der Waals surface area contributed by atoms with E-state index in [1.807, 2.05) is 11.8 Å². The Labute approximate surface area is 149 Å². The summed E-state index contributed by atoms with van der Waals surface area (Å²) in [6.45, 7) is 3.02. The summed E-state index contributed by atoms with van der Waals surface area (Å²) < 4.78 is 0. The second kappa shape index (κ2) is 8.70. The van der Waals surface area contributed by atoms with Crippen molar-refractivity contribution in [1.29, 1.82) is 0 Å². The molecule has 0 radical (unpaired) electrons. The maximum atomic E-state index is 10.6. The minimum Gasteiger partial charge on any atom is -0.387 e. The van der Waals surface area contributed by atoms with Crippen LogP contribution in [0.25, 0.3) is 0 Å². The first-order valence-corrected chi connectivity index (χ1v) is 9.93. The van der Waals surface area contributed by atoms with E-state index in [9.17, 15) is 5.11 Å². The van der Waals surface area contributed by atoms with Gasteiger partial charge in [-0.3, -0.25) is 0 Å². The standard InChI is InChI=1S/C21H27NOS/c1-16(22-13-6-5-9-17-7-3-2-4-8-17)21(23)19-10-11-20-18(15-19)12-14-24-20/h2-4,7-8,10-11,15-16,21-23H,5-6,9,12-14H2,1H3/t16-,21-/m1/s1. The second-order valence-corrected chi connectivity index (χ2v) is 7.73. The molecule has 1 aliphatic heterocycles. The van der Waals surface area contributed by atoms with Gasteiger partial charge in [-0.25, -0.2) is 0 Å². The SMILES string of the molecule is C[C@@H](NCCCCc1ccccc1)[C@@H](O)c1ccc2c(c1)CCS2. The smallest absolute Gasteiger partial charge is 0.0940 e. The van der Waals surface area contributed by atoms with Crippen molar-refractivity contribution in [3.05, 3.63) is 65.2 Å². The fraction of sp³-hybridized carbons (Fsp3) is 0.429. The molecular formula is C21H27NOS. The number of hydrogen-bond donors (Lipinski definition) is 2. The molecule has 24 heavy (non-hydrogen) atoms. The average molecular weight is 342 g/mol. The Balaban J connectivity index is 1.40. The Morgan fingerprint density at radius 1 is 1.12 bits per heavy atom. The molecule has 0 saturated carbocycles. The zero-order valence-electron chi connectivity index (χ0n) is 14.4. The normalized spacial score (nSPS) is 15.9. The zero-order chi connectivity index (χ0) is 16.8. The largest absolute Gasteiger partial charge is 0.387 e. The molecule has 1 heterocycles. The molecule has 0 spiro atoms. The quantitative estimate of drug-likeness (QED) is 0.699. The van der Waals surface area contributed by atoms with Gasteiger partial charge >= 0.3 is 0 Å². The Morgan fingerprint density at radius 3 is 2.79 bits per heavy atom. The highest BCUT2D eigenvalue weighted by Crippen LogP contribution is 2.33. The third kappa shape index (κ3) is 4.62. The summed E-state index contributed by atoms with van der Waals surface area (Å²) in [5.41, 5.74) is 3.84. The van der Waals surface area contributed by atoms with Crippen LogP contribution in [0.15, 0.2) is 53.4 Å². The molecular weight excluding hydrogens is 314 g/mol. The Kier molecular flexibility index (Phi) is 6.36. The Bertz CT molecular complexity index is 644. The van der Waals surface area contributed by atoms with Crippen molar-refractivity contribution in [3.63, 3.8) is 0 Å². The lowest BCUT2D eigenvalue weighted by molar-refractivity contribution is 0.136. The molecule has 2 aromatic carbocycles. The molecule has 0 unspecified atom stereocenters. The highest BCUT2D eigenvalue weighted by Gasteiger charge is 2.19. The van der Waals surface area contributed by atoms with E-state index in [1.54, 1.807) is 0 Å². The van der Waals surface area contributed by atoms with Gasteiger partial charge in [-0.05, 0) is 61.9 Å². The number of aliphatic hydroxyl groups excluding tert-OH is 1. The van der Waals surface area contributed by atoms with Gasteiger partial charge in [-0.1, -0.05) is 42.5 Å². The monoisotopic (exact) mass is 341 g/mol. The summed E-state index contributed by atoms with van der Waals surface area (Å²) in [4.78, 5) is 1.38. The Hall–Kier alpha value is -1.29. The third-order valence-electron chi connectivity index (χ3n) is 4.73. The van der Waals surface area contributed by atoms with E-state index in [0.717, 1.165) is 31.4 Å². The topological polar surface area (TPSA) is 32.3 Å². The first-order valence-electron chi connectivity index (χ1n) is 8.95. The second-order valence-electron chi connectivity index (χ2n) is 6.60. The number of fused-ring (bicyclic) bond motifs is 1. The first kappa shape index (κ1) is 17.5. The molecule has 3 heteroatoms. The fourth-order valence-corrected chi connectivity index (χ4v) is 4.27. The number of benzene rings is 2. The van der Waals surface area contributed by atoms with Gasteiger partial charge in [0, 0.05) is 16.7 Å². The van der Waals surface area contributed by atoms with Crippen molar-refractivity contribution in [2.75, 3.05) is 12.3 Å². The fourth-order valence-electron chi connectivity index (χ4n) is 3.22. The van der Waals surface area contributed by atoms with Crippen LogP contribution in [0.3, 0.4) is 0 Å². The predicted molar refractivity (Wildman–Crippen MR) is 103 cm³/mol.